The number of imide groups is 1. The van der Waals surface area contributed by atoms with Crippen LogP contribution in [0, 0.1) is 0 Å². The Morgan fingerprint density at radius 1 is 0.862 bits per heavy atom. The largest absolute Gasteiger partial charge is 0.493 e. The van der Waals surface area contributed by atoms with E-state index in [0.29, 0.717) is 39.0 Å². The van der Waals surface area contributed by atoms with Gasteiger partial charge < -0.3 is 14.4 Å². The first kappa shape index (κ1) is 19.3. The molecule has 6 nitrogen and oxygen atoms in total. The van der Waals surface area contributed by atoms with Gasteiger partial charge in [0.05, 0.1) is 25.5 Å². The number of ether oxygens (including phenoxy) is 2. The van der Waals surface area contributed by atoms with Crippen LogP contribution in [0.1, 0.15) is 18.4 Å². The molecule has 0 radical (unpaired) electrons. The van der Waals surface area contributed by atoms with E-state index in [1.54, 1.807) is 56.7 Å². The standard InChI is InChI=1S/C22H21ClN2O4/c1-28-17-10-5-14(13-18(17)29-2)19-20(24-11-3-4-12-24)22(27)25(21(19)26)16-8-6-15(23)7-9-16/h5-10,13H,3-4,11-12H2,1-2H3. The zero-order valence-electron chi connectivity index (χ0n) is 16.3. The van der Waals surface area contributed by atoms with Gasteiger partial charge in [0.1, 0.15) is 5.70 Å². The summed E-state index contributed by atoms with van der Waals surface area (Å²) in [5, 5.41) is 0.542. The van der Waals surface area contributed by atoms with Crippen molar-refractivity contribution in [3.63, 3.8) is 0 Å². The zero-order valence-corrected chi connectivity index (χ0v) is 17.0. The summed E-state index contributed by atoms with van der Waals surface area (Å²) in [5.74, 6) is 0.393. The quantitative estimate of drug-likeness (QED) is 0.700. The maximum atomic E-state index is 13.4. The summed E-state index contributed by atoms with van der Waals surface area (Å²) >= 11 is 5.98. The van der Waals surface area contributed by atoms with Gasteiger partial charge in [-0.2, -0.15) is 0 Å². The maximum Gasteiger partial charge on any atom is 0.282 e. The van der Waals surface area contributed by atoms with Crippen LogP contribution in [0.5, 0.6) is 11.5 Å². The van der Waals surface area contributed by atoms with Crippen molar-refractivity contribution >= 4 is 34.7 Å². The predicted molar refractivity (Wildman–Crippen MR) is 111 cm³/mol. The van der Waals surface area contributed by atoms with Crippen LogP contribution < -0.4 is 14.4 Å². The molecule has 0 aromatic heterocycles. The topological polar surface area (TPSA) is 59.1 Å². The Bertz CT molecular complexity index is 994. The summed E-state index contributed by atoms with van der Waals surface area (Å²) in [6.45, 7) is 1.50. The molecule has 4 rings (SSSR count). The van der Waals surface area contributed by atoms with Crippen LogP contribution in [-0.4, -0.2) is 44.0 Å². The van der Waals surface area contributed by atoms with Gasteiger partial charge in [0.15, 0.2) is 11.5 Å². The van der Waals surface area contributed by atoms with Crippen LogP contribution in [0.25, 0.3) is 5.57 Å². The maximum absolute atomic E-state index is 13.4. The molecule has 7 heteroatoms. The van der Waals surface area contributed by atoms with E-state index in [9.17, 15) is 9.59 Å². The molecule has 2 aliphatic rings. The van der Waals surface area contributed by atoms with E-state index in [0.717, 1.165) is 25.9 Å². The van der Waals surface area contributed by atoms with Crippen LogP contribution in [0.15, 0.2) is 48.2 Å². The second-order valence-corrected chi connectivity index (χ2v) is 7.35. The third-order valence-corrected chi connectivity index (χ3v) is 5.49. The summed E-state index contributed by atoms with van der Waals surface area (Å²) in [5.41, 5.74) is 1.94. The molecule has 0 saturated carbocycles. The Labute approximate surface area is 174 Å². The van der Waals surface area contributed by atoms with Crippen LogP contribution in [-0.2, 0) is 9.59 Å². The van der Waals surface area contributed by atoms with Crippen molar-refractivity contribution < 1.29 is 19.1 Å². The number of nitrogens with zero attached hydrogens (tertiary/aromatic N) is 2. The van der Waals surface area contributed by atoms with Crippen molar-refractivity contribution in [2.24, 2.45) is 0 Å². The number of hydrogen-bond acceptors (Lipinski definition) is 5. The summed E-state index contributed by atoms with van der Waals surface area (Å²) < 4.78 is 10.7. The lowest BCUT2D eigenvalue weighted by atomic mass is 10.0. The fourth-order valence-corrected chi connectivity index (χ4v) is 3.95. The molecular formula is C22H21ClN2O4. The molecular weight excluding hydrogens is 392 g/mol. The van der Waals surface area contributed by atoms with Gasteiger partial charge in [0.25, 0.3) is 11.8 Å². The number of hydrogen-bond donors (Lipinski definition) is 0. The molecule has 2 heterocycles. The second-order valence-electron chi connectivity index (χ2n) is 6.91. The van der Waals surface area contributed by atoms with Crippen LogP contribution >= 0.6 is 11.6 Å². The van der Waals surface area contributed by atoms with E-state index in [1.807, 2.05) is 4.90 Å². The fourth-order valence-electron chi connectivity index (χ4n) is 3.83. The fraction of sp³-hybridized carbons (Fsp3) is 0.273. The van der Waals surface area contributed by atoms with Crippen LogP contribution in [0.2, 0.25) is 5.02 Å². The van der Waals surface area contributed by atoms with Gasteiger partial charge in [0, 0.05) is 18.1 Å². The van der Waals surface area contributed by atoms with Crippen LogP contribution in [0.4, 0.5) is 5.69 Å². The molecule has 2 aliphatic heterocycles. The van der Waals surface area contributed by atoms with Gasteiger partial charge in [-0.3, -0.25) is 9.59 Å². The minimum Gasteiger partial charge on any atom is -0.493 e. The highest BCUT2D eigenvalue weighted by atomic mass is 35.5. The van der Waals surface area contributed by atoms with Crippen molar-refractivity contribution in [2.45, 2.75) is 12.8 Å². The molecule has 2 aromatic rings. The minimum absolute atomic E-state index is 0.316. The number of carbonyl (C=O) groups is 2. The third kappa shape index (κ3) is 3.34. The molecule has 150 valence electrons. The highest BCUT2D eigenvalue weighted by molar-refractivity contribution is 6.45. The normalized spacial score (nSPS) is 16.8. The molecule has 0 aliphatic carbocycles. The van der Waals surface area contributed by atoms with Gasteiger partial charge in [-0.25, -0.2) is 4.90 Å². The predicted octanol–water partition coefficient (Wildman–Crippen LogP) is 3.74. The molecule has 0 spiro atoms. The number of methoxy groups -OCH3 is 2. The molecule has 2 aromatic carbocycles. The first-order chi connectivity index (χ1) is 14.0. The van der Waals surface area contributed by atoms with E-state index in [2.05, 4.69) is 0 Å². The smallest absolute Gasteiger partial charge is 0.282 e. The molecule has 1 fully saturated rings. The van der Waals surface area contributed by atoms with Crippen molar-refractivity contribution in [1.82, 2.24) is 4.90 Å². The van der Waals surface area contributed by atoms with Gasteiger partial charge in [0.2, 0.25) is 0 Å². The summed E-state index contributed by atoms with van der Waals surface area (Å²) in [4.78, 5) is 30.0. The van der Waals surface area contributed by atoms with E-state index in [-0.39, 0.29) is 11.8 Å². The number of amides is 2. The van der Waals surface area contributed by atoms with E-state index in [1.165, 1.54) is 4.90 Å². The third-order valence-electron chi connectivity index (χ3n) is 5.24. The average Bonchev–Trinajstić information content (AvgIpc) is 3.34. The van der Waals surface area contributed by atoms with Crippen molar-refractivity contribution in [3.8, 4) is 11.5 Å². The van der Waals surface area contributed by atoms with E-state index in [4.69, 9.17) is 21.1 Å². The Morgan fingerprint density at radius 3 is 2.14 bits per heavy atom. The number of rotatable bonds is 5. The number of carbonyl (C=O) groups excluding carboxylic acids is 2. The van der Waals surface area contributed by atoms with Gasteiger partial charge in [-0.15, -0.1) is 0 Å². The molecule has 2 amide bonds. The Hall–Kier alpha value is -2.99. The van der Waals surface area contributed by atoms with Gasteiger partial charge in [-0.1, -0.05) is 17.7 Å². The molecule has 0 atom stereocenters. The molecule has 1 saturated heterocycles. The Kier molecular flexibility index (Phi) is 5.20. The number of halogens is 1. The van der Waals surface area contributed by atoms with Crippen molar-refractivity contribution in [2.75, 3.05) is 32.2 Å². The van der Waals surface area contributed by atoms with E-state index < -0.39 is 0 Å². The molecule has 29 heavy (non-hydrogen) atoms. The van der Waals surface area contributed by atoms with Crippen LogP contribution in [0.3, 0.4) is 0 Å². The lowest BCUT2D eigenvalue weighted by Crippen LogP contribution is -2.34. The summed E-state index contributed by atoms with van der Waals surface area (Å²) in [7, 11) is 3.10. The van der Waals surface area contributed by atoms with Gasteiger partial charge in [-0.05, 0) is 54.8 Å². The second kappa shape index (κ2) is 7.79. The lowest BCUT2D eigenvalue weighted by molar-refractivity contribution is -0.120. The Morgan fingerprint density at radius 2 is 1.52 bits per heavy atom. The zero-order chi connectivity index (χ0) is 20.5. The van der Waals surface area contributed by atoms with E-state index >= 15 is 0 Å². The van der Waals surface area contributed by atoms with Crippen molar-refractivity contribution in [3.05, 3.63) is 58.7 Å². The average molecular weight is 413 g/mol. The first-order valence-electron chi connectivity index (χ1n) is 9.41. The molecule has 0 N–H and O–H groups in total. The number of likely N-dealkylation sites (tertiary alicyclic amines) is 1. The minimum atomic E-state index is -0.355. The summed E-state index contributed by atoms with van der Waals surface area (Å²) in [6.07, 6.45) is 1.98. The SMILES string of the molecule is COc1ccc(C2=C(N3CCCC3)C(=O)N(c3ccc(Cl)cc3)C2=O)cc1OC. The highest BCUT2D eigenvalue weighted by Crippen LogP contribution is 2.39. The Balaban J connectivity index is 1.84. The number of benzene rings is 2. The lowest BCUT2D eigenvalue weighted by Gasteiger charge is -2.20. The monoisotopic (exact) mass is 412 g/mol. The highest BCUT2D eigenvalue weighted by Gasteiger charge is 2.43. The number of anilines is 1. The first-order valence-corrected chi connectivity index (χ1v) is 9.79. The molecule has 0 bridgehead atoms. The van der Waals surface area contributed by atoms with Gasteiger partial charge >= 0.3 is 0 Å². The molecule has 0 unspecified atom stereocenters. The summed E-state index contributed by atoms with van der Waals surface area (Å²) in [6, 6.07) is 12.0. The van der Waals surface area contributed by atoms with Crippen molar-refractivity contribution in [1.29, 1.82) is 0 Å².